The van der Waals surface area contributed by atoms with Crippen molar-refractivity contribution in [1.82, 2.24) is 0 Å². The minimum atomic E-state index is 0.719. The second-order valence-corrected chi connectivity index (χ2v) is 3.95. The minimum absolute atomic E-state index is 0.719. The summed E-state index contributed by atoms with van der Waals surface area (Å²) >= 11 is 5.82. The van der Waals surface area contributed by atoms with Crippen LogP contribution in [0.25, 0.3) is 0 Å². The second kappa shape index (κ2) is 5.04. The third kappa shape index (κ3) is 2.56. The monoisotopic (exact) mass is 232 g/mol. The normalized spacial score (nSPS) is 10.1. The molecule has 2 aromatic carbocycles. The van der Waals surface area contributed by atoms with E-state index in [2.05, 4.69) is 13.0 Å². The molecule has 1 nitrogen and oxygen atoms in total. The highest BCUT2D eigenvalue weighted by Gasteiger charge is 2.01. The number of para-hydroxylation sites is 1. The van der Waals surface area contributed by atoms with Gasteiger partial charge in [0.15, 0.2) is 0 Å². The van der Waals surface area contributed by atoms with E-state index in [1.807, 2.05) is 42.5 Å². The summed E-state index contributed by atoms with van der Waals surface area (Å²) in [6, 6.07) is 15.4. The fourth-order valence-electron chi connectivity index (χ4n) is 1.53. The lowest BCUT2D eigenvalue weighted by Crippen LogP contribution is -1.89. The molecular formula is C14H13ClO. The first-order valence-electron chi connectivity index (χ1n) is 5.31. The zero-order valence-corrected chi connectivity index (χ0v) is 9.87. The Morgan fingerprint density at radius 1 is 1.00 bits per heavy atom. The highest BCUT2D eigenvalue weighted by Crippen LogP contribution is 2.26. The summed E-state index contributed by atoms with van der Waals surface area (Å²) in [6.07, 6.45) is 0.962. The molecule has 0 radical (unpaired) electrons. The fourth-order valence-corrected chi connectivity index (χ4v) is 1.65. The van der Waals surface area contributed by atoms with Gasteiger partial charge in [-0.3, -0.25) is 0 Å². The lowest BCUT2D eigenvalue weighted by Gasteiger charge is -2.09. The molecule has 2 rings (SSSR count). The summed E-state index contributed by atoms with van der Waals surface area (Å²) in [5.74, 6) is 1.72. The Bertz CT molecular complexity index is 462. The summed E-state index contributed by atoms with van der Waals surface area (Å²) in [4.78, 5) is 0. The van der Waals surface area contributed by atoms with Gasteiger partial charge in [-0.15, -0.1) is 0 Å². The summed E-state index contributed by atoms with van der Waals surface area (Å²) in [6.45, 7) is 2.12. The molecule has 0 saturated heterocycles. The van der Waals surface area contributed by atoms with Crippen molar-refractivity contribution in [3.63, 3.8) is 0 Å². The Morgan fingerprint density at radius 2 is 1.69 bits per heavy atom. The van der Waals surface area contributed by atoms with Gasteiger partial charge in [0.05, 0.1) is 0 Å². The van der Waals surface area contributed by atoms with Gasteiger partial charge in [-0.05, 0) is 42.3 Å². The quantitative estimate of drug-likeness (QED) is 0.746. The van der Waals surface area contributed by atoms with E-state index in [-0.39, 0.29) is 0 Å². The Labute approximate surface area is 101 Å². The Kier molecular flexibility index (Phi) is 3.47. The van der Waals surface area contributed by atoms with E-state index in [0.29, 0.717) is 0 Å². The van der Waals surface area contributed by atoms with E-state index in [1.54, 1.807) is 0 Å². The predicted octanol–water partition coefficient (Wildman–Crippen LogP) is 4.69. The molecule has 0 saturated carbocycles. The molecule has 0 N–H and O–H groups in total. The van der Waals surface area contributed by atoms with E-state index in [0.717, 1.165) is 22.9 Å². The van der Waals surface area contributed by atoms with Gasteiger partial charge >= 0.3 is 0 Å². The van der Waals surface area contributed by atoms with Crippen molar-refractivity contribution in [3.8, 4) is 11.5 Å². The molecule has 0 aliphatic rings. The Balaban J connectivity index is 2.23. The first-order valence-corrected chi connectivity index (χ1v) is 5.68. The number of rotatable bonds is 3. The molecule has 0 atom stereocenters. The van der Waals surface area contributed by atoms with Crippen LogP contribution < -0.4 is 4.74 Å². The van der Waals surface area contributed by atoms with E-state index in [9.17, 15) is 0 Å². The van der Waals surface area contributed by atoms with Crippen molar-refractivity contribution in [2.45, 2.75) is 13.3 Å². The van der Waals surface area contributed by atoms with Gasteiger partial charge in [0.1, 0.15) is 11.5 Å². The van der Waals surface area contributed by atoms with E-state index in [4.69, 9.17) is 16.3 Å². The molecule has 0 amide bonds. The molecule has 82 valence electrons. The molecule has 0 fully saturated rings. The molecule has 0 aliphatic heterocycles. The average Bonchev–Trinajstić information content (AvgIpc) is 2.33. The molecule has 0 unspecified atom stereocenters. The van der Waals surface area contributed by atoms with Crippen molar-refractivity contribution in [1.29, 1.82) is 0 Å². The van der Waals surface area contributed by atoms with Crippen LogP contribution >= 0.6 is 11.6 Å². The van der Waals surface area contributed by atoms with E-state index >= 15 is 0 Å². The number of benzene rings is 2. The van der Waals surface area contributed by atoms with Gasteiger partial charge in [0.2, 0.25) is 0 Å². The topological polar surface area (TPSA) is 9.23 Å². The Hall–Kier alpha value is -1.47. The molecular weight excluding hydrogens is 220 g/mol. The SMILES string of the molecule is CCc1ccccc1Oc1ccc(Cl)cc1. The van der Waals surface area contributed by atoms with Gasteiger partial charge in [0, 0.05) is 5.02 Å². The van der Waals surface area contributed by atoms with Gasteiger partial charge < -0.3 is 4.74 Å². The van der Waals surface area contributed by atoms with E-state index in [1.165, 1.54) is 5.56 Å². The number of hydrogen-bond acceptors (Lipinski definition) is 1. The number of hydrogen-bond donors (Lipinski definition) is 0. The highest BCUT2D eigenvalue weighted by atomic mass is 35.5. The maximum Gasteiger partial charge on any atom is 0.130 e. The van der Waals surface area contributed by atoms with Crippen LogP contribution in [0.4, 0.5) is 0 Å². The first-order chi connectivity index (χ1) is 7.79. The molecule has 2 aromatic rings. The zero-order chi connectivity index (χ0) is 11.4. The summed E-state index contributed by atoms with van der Waals surface area (Å²) in [5, 5.41) is 0.719. The number of halogens is 1. The number of ether oxygens (including phenoxy) is 1. The predicted molar refractivity (Wildman–Crippen MR) is 67.3 cm³/mol. The molecule has 0 bridgehead atoms. The maximum atomic E-state index is 5.82. The van der Waals surface area contributed by atoms with Crippen LogP contribution in [0.5, 0.6) is 11.5 Å². The zero-order valence-electron chi connectivity index (χ0n) is 9.11. The molecule has 0 aliphatic carbocycles. The van der Waals surface area contributed by atoms with Crippen LogP contribution in [0.3, 0.4) is 0 Å². The Morgan fingerprint density at radius 3 is 2.38 bits per heavy atom. The van der Waals surface area contributed by atoms with Crippen molar-refractivity contribution >= 4 is 11.6 Å². The third-order valence-electron chi connectivity index (χ3n) is 2.39. The lowest BCUT2D eigenvalue weighted by atomic mass is 10.1. The van der Waals surface area contributed by atoms with Crippen LogP contribution in [0, 0.1) is 0 Å². The van der Waals surface area contributed by atoms with Crippen molar-refractivity contribution in [2.24, 2.45) is 0 Å². The first kappa shape index (κ1) is 11.0. The van der Waals surface area contributed by atoms with Gasteiger partial charge in [0.25, 0.3) is 0 Å². The van der Waals surface area contributed by atoms with Gasteiger partial charge in [-0.1, -0.05) is 36.7 Å². The smallest absolute Gasteiger partial charge is 0.130 e. The highest BCUT2D eigenvalue weighted by molar-refractivity contribution is 6.30. The van der Waals surface area contributed by atoms with Crippen LogP contribution in [0.15, 0.2) is 48.5 Å². The number of aryl methyl sites for hydroxylation is 1. The van der Waals surface area contributed by atoms with Crippen molar-refractivity contribution in [2.75, 3.05) is 0 Å². The fraction of sp³-hybridized carbons (Fsp3) is 0.143. The van der Waals surface area contributed by atoms with Crippen molar-refractivity contribution < 1.29 is 4.74 Å². The van der Waals surface area contributed by atoms with Gasteiger partial charge in [-0.25, -0.2) is 0 Å². The minimum Gasteiger partial charge on any atom is -0.457 e. The third-order valence-corrected chi connectivity index (χ3v) is 2.65. The van der Waals surface area contributed by atoms with E-state index < -0.39 is 0 Å². The van der Waals surface area contributed by atoms with Crippen LogP contribution in [-0.2, 0) is 6.42 Å². The molecule has 0 aromatic heterocycles. The molecule has 0 heterocycles. The summed E-state index contributed by atoms with van der Waals surface area (Å²) < 4.78 is 5.80. The lowest BCUT2D eigenvalue weighted by molar-refractivity contribution is 0.477. The summed E-state index contributed by atoms with van der Waals surface area (Å²) in [5.41, 5.74) is 1.21. The van der Waals surface area contributed by atoms with Crippen LogP contribution in [0.2, 0.25) is 5.02 Å². The second-order valence-electron chi connectivity index (χ2n) is 3.52. The standard InChI is InChI=1S/C14H13ClO/c1-2-11-5-3-4-6-14(11)16-13-9-7-12(15)8-10-13/h3-10H,2H2,1H3. The molecule has 2 heteroatoms. The molecule has 0 spiro atoms. The average molecular weight is 233 g/mol. The summed E-state index contributed by atoms with van der Waals surface area (Å²) in [7, 11) is 0. The van der Waals surface area contributed by atoms with Crippen LogP contribution in [-0.4, -0.2) is 0 Å². The van der Waals surface area contributed by atoms with Crippen molar-refractivity contribution in [3.05, 3.63) is 59.1 Å². The van der Waals surface area contributed by atoms with Crippen LogP contribution in [0.1, 0.15) is 12.5 Å². The molecule has 16 heavy (non-hydrogen) atoms. The largest absolute Gasteiger partial charge is 0.457 e. The maximum absolute atomic E-state index is 5.82. The van der Waals surface area contributed by atoms with Gasteiger partial charge in [-0.2, -0.15) is 0 Å².